The first-order chi connectivity index (χ1) is 12.5. The van der Waals surface area contributed by atoms with Gasteiger partial charge >= 0.3 is 5.97 Å². The fourth-order valence-corrected chi connectivity index (χ4v) is 3.28. The largest absolute Gasteiger partial charge is 0.497 e. The van der Waals surface area contributed by atoms with Gasteiger partial charge in [-0.25, -0.2) is 14.8 Å². The molecule has 0 saturated heterocycles. The number of thiazole rings is 1. The van der Waals surface area contributed by atoms with Crippen molar-refractivity contribution in [2.45, 2.75) is 13.8 Å². The van der Waals surface area contributed by atoms with Crippen LogP contribution in [0.2, 0.25) is 0 Å². The summed E-state index contributed by atoms with van der Waals surface area (Å²) in [5.74, 6) is 0.234. The predicted molar refractivity (Wildman–Crippen MR) is 99.4 cm³/mol. The summed E-state index contributed by atoms with van der Waals surface area (Å²) in [6.45, 7) is 3.89. The molecule has 1 amide bonds. The van der Waals surface area contributed by atoms with E-state index in [0.717, 1.165) is 0 Å². The van der Waals surface area contributed by atoms with Crippen LogP contribution in [0.1, 0.15) is 25.1 Å². The van der Waals surface area contributed by atoms with E-state index in [0.29, 0.717) is 28.7 Å². The summed E-state index contributed by atoms with van der Waals surface area (Å²) in [5.41, 5.74) is 1.35. The second-order valence-corrected chi connectivity index (χ2v) is 6.22. The lowest BCUT2D eigenvalue weighted by molar-refractivity contribution is -0.130. The summed E-state index contributed by atoms with van der Waals surface area (Å²) in [4.78, 5) is 33.9. The molecule has 3 rings (SSSR count). The van der Waals surface area contributed by atoms with Gasteiger partial charge in [-0.15, -0.1) is 11.3 Å². The number of nitrogens with zero attached hydrogens (tertiary/aromatic N) is 3. The maximum Gasteiger partial charge on any atom is 0.363 e. The first-order valence-electron chi connectivity index (χ1n) is 7.92. The Kier molecular flexibility index (Phi) is 5.13. The van der Waals surface area contributed by atoms with Crippen LogP contribution in [0.5, 0.6) is 5.75 Å². The first kappa shape index (κ1) is 17.8. The lowest BCUT2D eigenvalue weighted by atomic mass is 10.2. The zero-order valence-corrected chi connectivity index (χ0v) is 15.4. The highest BCUT2D eigenvalue weighted by Gasteiger charge is 2.25. The molecule has 0 bridgehead atoms. The van der Waals surface area contributed by atoms with Crippen molar-refractivity contribution in [1.29, 1.82) is 0 Å². The minimum atomic E-state index is -0.545. The van der Waals surface area contributed by atoms with Crippen LogP contribution in [-0.2, 0) is 14.3 Å². The summed E-state index contributed by atoms with van der Waals surface area (Å²) in [6.07, 6.45) is 1.55. The molecule has 0 saturated carbocycles. The van der Waals surface area contributed by atoms with Crippen molar-refractivity contribution >= 4 is 40.3 Å². The molecule has 0 unspecified atom stereocenters. The summed E-state index contributed by atoms with van der Waals surface area (Å²) >= 11 is 1.33. The Morgan fingerprint density at radius 2 is 2.23 bits per heavy atom. The predicted octanol–water partition coefficient (Wildman–Crippen LogP) is 2.87. The second-order valence-electron chi connectivity index (χ2n) is 5.39. The highest BCUT2D eigenvalue weighted by molar-refractivity contribution is 7.14. The number of carbonyl (C=O) groups excluding carboxylic acids is 2. The zero-order chi connectivity index (χ0) is 18.7. The molecular formula is C18H17N3O4S. The number of methoxy groups -OCH3 is 1. The third-order valence-electron chi connectivity index (χ3n) is 3.66. The van der Waals surface area contributed by atoms with Crippen LogP contribution in [0.4, 0.5) is 5.13 Å². The molecule has 0 radical (unpaired) electrons. The smallest absolute Gasteiger partial charge is 0.363 e. The number of hydrogen-bond donors (Lipinski definition) is 0. The number of esters is 1. The van der Waals surface area contributed by atoms with Gasteiger partial charge in [0.05, 0.1) is 12.8 Å². The third kappa shape index (κ3) is 3.65. The summed E-state index contributed by atoms with van der Waals surface area (Å²) < 4.78 is 10.4. The van der Waals surface area contributed by atoms with E-state index in [9.17, 15) is 9.59 Å². The van der Waals surface area contributed by atoms with Gasteiger partial charge in [-0.1, -0.05) is 6.07 Å². The topological polar surface area (TPSA) is 81.1 Å². The van der Waals surface area contributed by atoms with Gasteiger partial charge in [0.25, 0.3) is 0 Å². The fourth-order valence-electron chi connectivity index (χ4n) is 2.39. The van der Waals surface area contributed by atoms with E-state index in [2.05, 4.69) is 9.98 Å². The number of anilines is 1. The van der Waals surface area contributed by atoms with Crippen LogP contribution < -0.4 is 9.64 Å². The lowest BCUT2D eigenvalue weighted by Crippen LogP contribution is -2.27. The van der Waals surface area contributed by atoms with Crippen LogP contribution >= 0.6 is 11.3 Å². The number of rotatable bonds is 5. The van der Waals surface area contributed by atoms with Crippen LogP contribution in [0, 0.1) is 0 Å². The molecule has 0 atom stereocenters. The zero-order valence-electron chi connectivity index (χ0n) is 14.6. The van der Waals surface area contributed by atoms with Gasteiger partial charge < -0.3 is 9.47 Å². The standard InChI is InChI=1S/C18H17N3O4S/c1-4-21(11(2)22)18-19-13(10-26-18)9-15-17(23)25-16(20-15)12-6-5-7-14(8-12)24-3/h5-10H,4H2,1-3H3/b15-9-. The Hall–Kier alpha value is -3.00. The molecule has 0 spiro atoms. The van der Waals surface area contributed by atoms with E-state index in [1.54, 1.807) is 47.7 Å². The van der Waals surface area contributed by atoms with Crippen molar-refractivity contribution in [2.75, 3.05) is 18.6 Å². The third-order valence-corrected chi connectivity index (χ3v) is 4.54. The molecule has 26 heavy (non-hydrogen) atoms. The average molecular weight is 371 g/mol. The Bertz CT molecular complexity index is 917. The number of aromatic nitrogens is 1. The molecule has 2 heterocycles. The van der Waals surface area contributed by atoms with Gasteiger partial charge in [-0.05, 0) is 31.2 Å². The molecule has 0 fully saturated rings. The number of amides is 1. The quantitative estimate of drug-likeness (QED) is 0.596. The van der Waals surface area contributed by atoms with E-state index >= 15 is 0 Å². The summed E-state index contributed by atoms with van der Waals surface area (Å²) in [6, 6.07) is 7.11. The van der Waals surface area contributed by atoms with E-state index in [1.165, 1.54) is 18.3 Å². The Labute approximate surface area is 154 Å². The monoisotopic (exact) mass is 371 g/mol. The fraction of sp³-hybridized carbons (Fsp3) is 0.222. The van der Waals surface area contributed by atoms with E-state index < -0.39 is 5.97 Å². The SMILES string of the molecule is CCN(C(C)=O)c1nc(/C=C2\N=C(c3cccc(OC)c3)OC2=O)cs1. The van der Waals surface area contributed by atoms with E-state index in [-0.39, 0.29) is 17.5 Å². The Morgan fingerprint density at radius 3 is 2.92 bits per heavy atom. The summed E-state index contributed by atoms with van der Waals surface area (Å²) in [7, 11) is 1.56. The molecule has 0 aliphatic carbocycles. The van der Waals surface area contributed by atoms with Crippen molar-refractivity contribution < 1.29 is 19.1 Å². The van der Waals surface area contributed by atoms with Crippen molar-refractivity contribution in [3.63, 3.8) is 0 Å². The van der Waals surface area contributed by atoms with Gasteiger partial charge in [-0.2, -0.15) is 0 Å². The Balaban J connectivity index is 1.87. The molecule has 1 aromatic heterocycles. The van der Waals surface area contributed by atoms with Crippen LogP contribution in [0.3, 0.4) is 0 Å². The minimum Gasteiger partial charge on any atom is -0.497 e. The molecule has 1 aliphatic heterocycles. The number of carbonyl (C=O) groups is 2. The van der Waals surface area contributed by atoms with Gasteiger partial charge in [0, 0.05) is 24.4 Å². The average Bonchev–Trinajstić information content (AvgIpc) is 3.23. The van der Waals surface area contributed by atoms with Gasteiger partial charge in [0.2, 0.25) is 11.8 Å². The first-order valence-corrected chi connectivity index (χ1v) is 8.80. The molecule has 8 heteroatoms. The number of hydrogen-bond acceptors (Lipinski definition) is 7. The number of benzene rings is 1. The highest BCUT2D eigenvalue weighted by atomic mass is 32.1. The molecule has 1 aromatic carbocycles. The van der Waals surface area contributed by atoms with E-state index in [4.69, 9.17) is 9.47 Å². The number of aliphatic imine (C=N–C) groups is 1. The highest BCUT2D eigenvalue weighted by Crippen LogP contribution is 2.25. The molecule has 7 nitrogen and oxygen atoms in total. The van der Waals surface area contributed by atoms with Crippen molar-refractivity contribution in [1.82, 2.24) is 4.98 Å². The molecule has 2 aromatic rings. The molecule has 0 N–H and O–H groups in total. The van der Waals surface area contributed by atoms with Crippen LogP contribution in [0.25, 0.3) is 6.08 Å². The second kappa shape index (κ2) is 7.49. The van der Waals surface area contributed by atoms with Crippen LogP contribution in [0.15, 0.2) is 40.3 Å². The maximum absolute atomic E-state index is 12.1. The molecule has 134 valence electrons. The summed E-state index contributed by atoms with van der Waals surface area (Å²) in [5, 5.41) is 2.34. The van der Waals surface area contributed by atoms with Crippen molar-refractivity contribution in [2.24, 2.45) is 4.99 Å². The lowest BCUT2D eigenvalue weighted by Gasteiger charge is -2.14. The van der Waals surface area contributed by atoms with Gasteiger partial charge in [0.1, 0.15) is 5.75 Å². The van der Waals surface area contributed by atoms with Gasteiger partial charge in [0.15, 0.2) is 10.8 Å². The number of cyclic esters (lactones) is 1. The van der Waals surface area contributed by atoms with Crippen molar-refractivity contribution in [3.8, 4) is 5.75 Å². The Morgan fingerprint density at radius 1 is 1.42 bits per heavy atom. The van der Waals surface area contributed by atoms with E-state index in [1.807, 2.05) is 6.92 Å². The maximum atomic E-state index is 12.1. The van der Waals surface area contributed by atoms with Gasteiger partial charge in [-0.3, -0.25) is 9.69 Å². The minimum absolute atomic E-state index is 0.0836. The number of ether oxygens (including phenoxy) is 2. The molecule has 1 aliphatic rings. The van der Waals surface area contributed by atoms with Crippen molar-refractivity contribution in [3.05, 3.63) is 46.6 Å². The van der Waals surface area contributed by atoms with Crippen LogP contribution in [-0.4, -0.2) is 36.4 Å². The molecular weight excluding hydrogens is 354 g/mol. The normalized spacial score (nSPS) is 15.0.